The fraction of sp³-hybridized carbons (Fsp3) is 0.524. The lowest BCUT2D eigenvalue weighted by molar-refractivity contribution is -0.146. The van der Waals surface area contributed by atoms with Crippen molar-refractivity contribution in [2.24, 2.45) is 10.7 Å². The van der Waals surface area contributed by atoms with Crippen LogP contribution in [0.15, 0.2) is 39.9 Å². The first-order chi connectivity index (χ1) is 15.9. The summed E-state index contributed by atoms with van der Waals surface area (Å²) in [4.78, 5) is 15.2. The lowest BCUT2D eigenvalue weighted by Crippen LogP contribution is -2.43. The van der Waals surface area contributed by atoms with E-state index >= 15 is 0 Å². The molecule has 0 radical (unpaired) electrons. The third-order valence-electron chi connectivity index (χ3n) is 5.54. The zero-order chi connectivity index (χ0) is 27.0. The first-order valence-electron chi connectivity index (χ1n) is 10.2. The molecule has 1 aliphatic carbocycles. The SMILES string of the molecule is COC(=O)C(C)(C)N=C1CCC[C@@H](N(C)S(=O)(=O)c2cc(C(F)(F)F)cc(C(F)(F)F)c2)C1=CN. The van der Waals surface area contributed by atoms with Crippen LogP contribution in [0.5, 0.6) is 0 Å². The van der Waals surface area contributed by atoms with Crippen molar-refractivity contribution in [3.05, 3.63) is 41.1 Å². The molecule has 1 atom stereocenters. The van der Waals surface area contributed by atoms with Gasteiger partial charge in [-0.3, -0.25) is 4.99 Å². The second-order valence-electron chi connectivity index (χ2n) is 8.40. The van der Waals surface area contributed by atoms with E-state index in [-0.39, 0.29) is 35.9 Å². The van der Waals surface area contributed by atoms with E-state index in [0.29, 0.717) is 17.1 Å². The number of alkyl halides is 6. The highest BCUT2D eigenvalue weighted by atomic mass is 32.2. The summed E-state index contributed by atoms with van der Waals surface area (Å²) in [6, 6.07) is -0.879. The predicted molar refractivity (Wildman–Crippen MR) is 115 cm³/mol. The van der Waals surface area contributed by atoms with Gasteiger partial charge in [-0.25, -0.2) is 13.2 Å². The number of ether oxygens (including phenoxy) is 1. The molecule has 0 heterocycles. The van der Waals surface area contributed by atoms with Crippen LogP contribution in [0.25, 0.3) is 0 Å². The molecule has 2 N–H and O–H groups in total. The normalized spacial score (nSPS) is 20.5. The number of aliphatic imine (C=N–C) groups is 1. The fourth-order valence-electron chi connectivity index (χ4n) is 3.70. The summed E-state index contributed by atoms with van der Waals surface area (Å²) < 4.78 is 111. The van der Waals surface area contributed by atoms with E-state index in [1.165, 1.54) is 13.8 Å². The van der Waals surface area contributed by atoms with Crippen molar-refractivity contribution >= 4 is 21.7 Å². The first-order valence-corrected chi connectivity index (χ1v) is 11.7. The Labute approximate surface area is 198 Å². The highest BCUT2D eigenvalue weighted by Crippen LogP contribution is 2.38. The summed E-state index contributed by atoms with van der Waals surface area (Å²) in [7, 11) is -2.65. The van der Waals surface area contributed by atoms with Gasteiger partial charge in [0.05, 0.1) is 29.2 Å². The molecule has 1 fully saturated rings. The number of sulfonamides is 1. The number of methoxy groups -OCH3 is 1. The van der Waals surface area contributed by atoms with Crippen molar-refractivity contribution in [3.8, 4) is 0 Å². The van der Waals surface area contributed by atoms with E-state index in [1.807, 2.05) is 0 Å². The minimum Gasteiger partial charge on any atom is -0.467 e. The Morgan fingerprint density at radius 3 is 2.06 bits per heavy atom. The third-order valence-corrected chi connectivity index (χ3v) is 7.38. The Kier molecular flexibility index (Phi) is 8.02. The van der Waals surface area contributed by atoms with E-state index in [9.17, 15) is 39.6 Å². The van der Waals surface area contributed by atoms with E-state index in [4.69, 9.17) is 10.5 Å². The molecule has 1 aromatic carbocycles. The van der Waals surface area contributed by atoms with Crippen LogP contribution in [-0.2, 0) is 31.9 Å². The zero-order valence-electron chi connectivity index (χ0n) is 19.3. The number of benzene rings is 1. The van der Waals surface area contributed by atoms with Gasteiger partial charge in [0.15, 0.2) is 5.54 Å². The van der Waals surface area contributed by atoms with Gasteiger partial charge in [0.2, 0.25) is 10.0 Å². The number of hydrogen-bond donors (Lipinski definition) is 1. The van der Waals surface area contributed by atoms with Crippen molar-refractivity contribution in [2.75, 3.05) is 14.2 Å². The summed E-state index contributed by atoms with van der Waals surface area (Å²) in [5.41, 5.74) is 1.33. The molecular formula is C21H25F6N3O4S. The molecule has 1 aromatic rings. The average molecular weight is 530 g/mol. The van der Waals surface area contributed by atoms with Gasteiger partial charge in [-0.1, -0.05) is 0 Å². The van der Waals surface area contributed by atoms with Crippen molar-refractivity contribution < 1.29 is 44.3 Å². The van der Waals surface area contributed by atoms with Gasteiger partial charge in [0.25, 0.3) is 0 Å². The molecule has 0 aromatic heterocycles. The molecule has 35 heavy (non-hydrogen) atoms. The molecule has 1 saturated carbocycles. The second kappa shape index (κ2) is 9.80. The molecule has 0 amide bonds. The van der Waals surface area contributed by atoms with Crippen LogP contribution in [0.2, 0.25) is 0 Å². The smallest absolute Gasteiger partial charge is 0.416 e. The molecule has 2 rings (SSSR count). The number of carbonyl (C=O) groups excluding carboxylic acids is 1. The van der Waals surface area contributed by atoms with Crippen molar-refractivity contribution in [3.63, 3.8) is 0 Å². The average Bonchev–Trinajstić information content (AvgIpc) is 2.75. The Hall–Kier alpha value is -2.61. The number of carbonyl (C=O) groups is 1. The largest absolute Gasteiger partial charge is 0.467 e. The van der Waals surface area contributed by atoms with Crippen LogP contribution in [0.1, 0.15) is 44.2 Å². The summed E-state index contributed by atoms with van der Waals surface area (Å²) in [6.07, 6.45) is -8.51. The standard InChI is InChI=1S/C21H25F6N3O4S/c1-19(2,18(31)34-4)29-16-6-5-7-17(15(16)11-28)30(3)35(32,33)14-9-12(20(22,23)24)8-13(10-14)21(25,26)27/h8-11,17H,5-7,28H2,1-4H3/t17-/m1/s1. The van der Waals surface area contributed by atoms with Gasteiger partial charge < -0.3 is 10.5 Å². The summed E-state index contributed by atoms with van der Waals surface area (Å²) in [6.45, 7) is 2.93. The predicted octanol–water partition coefficient (Wildman–Crippen LogP) is 4.13. The van der Waals surface area contributed by atoms with Crippen LogP contribution in [0, 0.1) is 0 Å². The number of hydrogen-bond acceptors (Lipinski definition) is 6. The lowest BCUT2D eigenvalue weighted by Gasteiger charge is -2.34. The maximum absolute atomic E-state index is 13.2. The second-order valence-corrected chi connectivity index (χ2v) is 10.4. The van der Waals surface area contributed by atoms with Crippen LogP contribution in [-0.4, -0.2) is 50.1 Å². The third kappa shape index (κ3) is 6.15. The van der Waals surface area contributed by atoms with Crippen LogP contribution >= 0.6 is 0 Å². The Morgan fingerprint density at radius 1 is 1.11 bits per heavy atom. The Bertz CT molecular complexity index is 1110. The van der Waals surface area contributed by atoms with Crippen LogP contribution in [0.4, 0.5) is 26.3 Å². The maximum atomic E-state index is 13.2. The molecular weight excluding hydrogens is 504 g/mol. The molecule has 0 spiro atoms. The number of halogens is 6. The zero-order valence-corrected chi connectivity index (χ0v) is 20.1. The van der Waals surface area contributed by atoms with Gasteiger partial charge in [0, 0.05) is 24.5 Å². The summed E-state index contributed by atoms with van der Waals surface area (Å²) in [5.74, 6) is -0.673. The quantitative estimate of drug-likeness (QED) is 0.457. The van der Waals surface area contributed by atoms with E-state index in [2.05, 4.69) is 4.99 Å². The molecule has 196 valence electrons. The number of likely N-dealkylation sites (N-methyl/N-ethyl adjacent to an activating group) is 1. The number of rotatable bonds is 5. The van der Waals surface area contributed by atoms with Crippen LogP contribution in [0.3, 0.4) is 0 Å². The monoisotopic (exact) mass is 529 g/mol. The summed E-state index contributed by atoms with van der Waals surface area (Å²) >= 11 is 0. The molecule has 1 aliphatic rings. The first kappa shape index (κ1) is 28.6. The minimum atomic E-state index is -5.21. The molecule has 0 aliphatic heterocycles. The van der Waals surface area contributed by atoms with Gasteiger partial charge in [0.1, 0.15) is 0 Å². The lowest BCUT2D eigenvalue weighted by atomic mass is 9.88. The van der Waals surface area contributed by atoms with Gasteiger partial charge in [-0.2, -0.15) is 30.6 Å². The number of nitrogens with two attached hydrogens (primary N) is 1. The molecule has 0 saturated heterocycles. The molecule has 14 heteroatoms. The summed E-state index contributed by atoms with van der Waals surface area (Å²) in [5, 5.41) is 0. The Morgan fingerprint density at radius 2 is 1.63 bits per heavy atom. The topological polar surface area (TPSA) is 102 Å². The van der Waals surface area contributed by atoms with Gasteiger partial charge >= 0.3 is 18.3 Å². The van der Waals surface area contributed by atoms with E-state index in [1.54, 1.807) is 0 Å². The van der Waals surface area contributed by atoms with E-state index < -0.39 is 55.9 Å². The van der Waals surface area contributed by atoms with Gasteiger partial charge in [-0.05, 0) is 51.3 Å². The molecule has 7 nitrogen and oxygen atoms in total. The van der Waals surface area contributed by atoms with Crippen molar-refractivity contribution in [2.45, 2.75) is 61.9 Å². The minimum absolute atomic E-state index is 0.148. The molecule has 0 bridgehead atoms. The fourth-order valence-corrected chi connectivity index (χ4v) is 5.14. The van der Waals surface area contributed by atoms with Crippen LogP contribution < -0.4 is 5.73 Å². The number of nitrogens with zero attached hydrogens (tertiary/aromatic N) is 2. The van der Waals surface area contributed by atoms with E-state index in [0.717, 1.165) is 20.4 Å². The Balaban J connectivity index is 2.58. The van der Waals surface area contributed by atoms with Gasteiger partial charge in [-0.15, -0.1) is 0 Å². The molecule has 0 unspecified atom stereocenters. The highest BCUT2D eigenvalue weighted by molar-refractivity contribution is 7.89. The van der Waals surface area contributed by atoms with Crippen molar-refractivity contribution in [1.29, 1.82) is 0 Å². The maximum Gasteiger partial charge on any atom is 0.416 e. The number of esters is 1. The highest BCUT2D eigenvalue weighted by Gasteiger charge is 2.41. The van der Waals surface area contributed by atoms with Crippen molar-refractivity contribution in [1.82, 2.24) is 4.31 Å².